The first kappa shape index (κ1) is 65.4. The average Bonchev–Trinajstić information content (AvgIpc) is 3.33. The van der Waals surface area contributed by atoms with Gasteiger partial charge in [0.2, 0.25) is 0 Å². The van der Waals surface area contributed by atoms with E-state index in [1.165, 1.54) is 257 Å². The fourth-order valence-corrected chi connectivity index (χ4v) is 9.51. The molecule has 6 heteroatoms. The second-order valence-electron chi connectivity index (χ2n) is 21.0. The normalized spacial score (nSPS) is 11.9. The zero-order valence-corrected chi connectivity index (χ0v) is 45.7. The maximum atomic E-state index is 12.9. The Morgan fingerprint density at radius 3 is 0.597 bits per heavy atom. The number of hydrogen-bond donors (Lipinski definition) is 0. The molecular formula is C61H118O6. The van der Waals surface area contributed by atoms with E-state index in [9.17, 15) is 14.4 Å². The van der Waals surface area contributed by atoms with Crippen LogP contribution in [0.4, 0.5) is 0 Å². The van der Waals surface area contributed by atoms with Crippen LogP contribution >= 0.6 is 0 Å². The van der Waals surface area contributed by atoms with E-state index in [1.54, 1.807) is 0 Å². The second-order valence-corrected chi connectivity index (χ2v) is 21.0. The van der Waals surface area contributed by atoms with Crippen LogP contribution in [-0.4, -0.2) is 37.2 Å². The van der Waals surface area contributed by atoms with E-state index >= 15 is 0 Å². The van der Waals surface area contributed by atoms with Crippen LogP contribution in [0.5, 0.6) is 0 Å². The quantitative estimate of drug-likeness (QED) is 0.0343. The molecule has 0 spiro atoms. The van der Waals surface area contributed by atoms with Gasteiger partial charge in [-0.25, -0.2) is 0 Å². The van der Waals surface area contributed by atoms with Crippen LogP contribution in [0.3, 0.4) is 0 Å². The molecule has 0 amide bonds. The first-order valence-electron chi connectivity index (χ1n) is 30.5. The molecule has 0 heterocycles. The summed E-state index contributed by atoms with van der Waals surface area (Å²) in [5.74, 6) is -0.828. The van der Waals surface area contributed by atoms with Gasteiger partial charge in [-0.1, -0.05) is 316 Å². The first-order chi connectivity index (χ1) is 33.0. The summed E-state index contributed by atoms with van der Waals surface area (Å²) in [5.41, 5.74) is 0. The Hall–Kier alpha value is -1.59. The maximum Gasteiger partial charge on any atom is 0.306 e. The van der Waals surface area contributed by atoms with E-state index in [0.29, 0.717) is 19.3 Å². The Kier molecular flexibility index (Phi) is 55.6. The van der Waals surface area contributed by atoms with Crippen LogP contribution in [-0.2, 0) is 28.6 Å². The second kappa shape index (κ2) is 57.0. The Bertz CT molecular complexity index is 998. The number of carbonyl (C=O) groups is 3. The largest absolute Gasteiger partial charge is 0.462 e. The predicted molar refractivity (Wildman–Crippen MR) is 289 cm³/mol. The summed E-state index contributed by atoms with van der Waals surface area (Å²) in [6.45, 7) is 6.72. The van der Waals surface area contributed by atoms with Crippen molar-refractivity contribution in [2.75, 3.05) is 13.2 Å². The lowest BCUT2D eigenvalue weighted by Gasteiger charge is -2.18. The molecule has 0 saturated carbocycles. The van der Waals surface area contributed by atoms with Crippen molar-refractivity contribution in [2.24, 2.45) is 0 Å². The Morgan fingerprint density at radius 1 is 0.239 bits per heavy atom. The number of esters is 3. The fraction of sp³-hybridized carbons (Fsp3) is 0.951. The fourth-order valence-electron chi connectivity index (χ4n) is 9.51. The minimum Gasteiger partial charge on any atom is -0.462 e. The molecule has 0 aromatic carbocycles. The van der Waals surface area contributed by atoms with Gasteiger partial charge in [0.05, 0.1) is 0 Å². The molecule has 0 saturated heterocycles. The molecule has 0 radical (unpaired) electrons. The molecule has 6 nitrogen and oxygen atoms in total. The summed E-state index contributed by atoms with van der Waals surface area (Å²) in [5, 5.41) is 0. The zero-order valence-electron chi connectivity index (χ0n) is 45.7. The molecule has 0 fully saturated rings. The van der Waals surface area contributed by atoms with E-state index in [4.69, 9.17) is 14.2 Å². The van der Waals surface area contributed by atoms with Crippen LogP contribution in [0.2, 0.25) is 0 Å². The summed E-state index contributed by atoms with van der Waals surface area (Å²) < 4.78 is 16.9. The SMILES string of the molecule is CCCCCCCCCCCCCCCCCCCCC(=O)OCC(COC(=O)CCCCCCCCCCCCCCC)OC(=O)CCCCCCCCCCCCCCCCCCCC. The van der Waals surface area contributed by atoms with Gasteiger partial charge in [-0.05, 0) is 19.3 Å². The molecule has 398 valence electrons. The number of carbonyl (C=O) groups excluding carboxylic acids is 3. The van der Waals surface area contributed by atoms with Crippen molar-refractivity contribution < 1.29 is 28.6 Å². The lowest BCUT2D eigenvalue weighted by molar-refractivity contribution is -0.167. The molecule has 0 bridgehead atoms. The Labute approximate surface area is 418 Å². The highest BCUT2D eigenvalue weighted by atomic mass is 16.6. The highest BCUT2D eigenvalue weighted by Gasteiger charge is 2.19. The predicted octanol–water partition coefficient (Wildman–Crippen LogP) is 20.3. The van der Waals surface area contributed by atoms with Gasteiger partial charge in [0, 0.05) is 19.3 Å². The standard InChI is InChI=1S/C61H118O6/c1-4-7-10-13-16-19-22-25-27-29-31-33-36-39-42-45-48-51-54-60(63)66-57-58(56-65-59(62)53-50-47-44-41-38-35-24-21-18-15-12-9-6-3)67-61(64)55-52-49-46-43-40-37-34-32-30-28-26-23-20-17-14-11-8-5-2/h58H,4-57H2,1-3H3. The Balaban J connectivity index is 4.27. The third kappa shape index (κ3) is 55.2. The van der Waals surface area contributed by atoms with Crippen molar-refractivity contribution in [2.45, 2.75) is 361 Å². The van der Waals surface area contributed by atoms with Crippen molar-refractivity contribution >= 4 is 17.9 Å². The van der Waals surface area contributed by atoms with E-state index in [2.05, 4.69) is 20.8 Å². The number of ether oxygens (including phenoxy) is 3. The molecule has 1 unspecified atom stereocenters. The van der Waals surface area contributed by atoms with Crippen molar-refractivity contribution in [1.82, 2.24) is 0 Å². The molecule has 0 aliphatic rings. The molecule has 0 aliphatic carbocycles. The van der Waals surface area contributed by atoms with Crippen LogP contribution in [0.15, 0.2) is 0 Å². The smallest absolute Gasteiger partial charge is 0.306 e. The van der Waals surface area contributed by atoms with Gasteiger partial charge in [0.1, 0.15) is 13.2 Å². The molecule has 67 heavy (non-hydrogen) atoms. The van der Waals surface area contributed by atoms with Crippen LogP contribution < -0.4 is 0 Å². The summed E-state index contributed by atoms with van der Waals surface area (Å²) in [6.07, 6.45) is 63.8. The van der Waals surface area contributed by atoms with E-state index < -0.39 is 6.10 Å². The average molecular weight is 948 g/mol. The summed E-state index contributed by atoms with van der Waals surface area (Å²) in [4.78, 5) is 38.2. The minimum absolute atomic E-state index is 0.0607. The van der Waals surface area contributed by atoms with Crippen LogP contribution in [0.25, 0.3) is 0 Å². The van der Waals surface area contributed by atoms with Gasteiger partial charge in [-0.15, -0.1) is 0 Å². The summed E-state index contributed by atoms with van der Waals surface area (Å²) in [7, 11) is 0. The molecule has 0 aromatic heterocycles. The monoisotopic (exact) mass is 947 g/mol. The Morgan fingerprint density at radius 2 is 0.403 bits per heavy atom. The van der Waals surface area contributed by atoms with E-state index in [0.717, 1.165) is 57.8 Å². The first-order valence-corrected chi connectivity index (χ1v) is 30.5. The third-order valence-electron chi connectivity index (χ3n) is 14.1. The molecule has 1 atom stereocenters. The molecule has 0 N–H and O–H groups in total. The summed E-state index contributed by atoms with van der Waals surface area (Å²) in [6, 6.07) is 0. The van der Waals surface area contributed by atoms with Gasteiger partial charge in [-0.3, -0.25) is 14.4 Å². The molecule has 0 aliphatic heterocycles. The zero-order chi connectivity index (χ0) is 48.6. The molecule has 0 aromatic rings. The van der Waals surface area contributed by atoms with Gasteiger partial charge < -0.3 is 14.2 Å². The van der Waals surface area contributed by atoms with Crippen molar-refractivity contribution in [3.8, 4) is 0 Å². The minimum atomic E-state index is -0.761. The maximum absolute atomic E-state index is 12.9. The lowest BCUT2D eigenvalue weighted by atomic mass is 10.0. The number of rotatable bonds is 57. The number of hydrogen-bond acceptors (Lipinski definition) is 6. The summed E-state index contributed by atoms with van der Waals surface area (Å²) >= 11 is 0. The number of unbranched alkanes of at least 4 members (excludes halogenated alkanes) is 46. The van der Waals surface area contributed by atoms with Crippen LogP contribution in [0.1, 0.15) is 355 Å². The molecule has 0 rings (SSSR count). The van der Waals surface area contributed by atoms with Crippen LogP contribution in [0, 0.1) is 0 Å². The van der Waals surface area contributed by atoms with E-state index in [-0.39, 0.29) is 31.1 Å². The van der Waals surface area contributed by atoms with Gasteiger partial charge >= 0.3 is 17.9 Å². The third-order valence-corrected chi connectivity index (χ3v) is 14.1. The van der Waals surface area contributed by atoms with Gasteiger partial charge in [-0.2, -0.15) is 0 Å². The van der Waals surface area contributed by atoms with Crippen molar-refractivity contribution in [3.63, 3.8) is 0 Å². The lowest BCUT2D eigenvalue weighted by Crippen LogP contribution is -2.30. The highest BCUT2D eigenvalue weighted by molar-refractivity contribution is 5.71. The van der Waals surface area contributed by atoms with Gasteiger partial charge in [0.25, 0.3) is 0 Å². The van der Waals surface area contributed by atoms with E-state index in [1.807, 2.05) is 0 Å². The topological polar surface area (TPSA) is 78.9 Å². The van der Waals surface area contributed by atoms with Gasteiger partial charge in [0.15, 0.2) is 6.10 Å². The molecular weight excluding hydrogens is 829 g/mol. The van der Waals surface area contributed by atoms with Crippen molar-refractivity contribution in [3.05, 3.63) is 0 Å². The highest BCUT2D eigenvalue weighted by Crippen LogP contribution is 2.18. The van der Waals surface area contributed by atoms with Crippen molar-refractivity contribution in [1.29, 1.82) is 0 Å².